The Hall–Kier alpha value is -1.29. The molecule has 0 radical (unpaired) electrons. The van der Waals surface area contributed by atoms with Crippen molar-refractivity contribution in [3.63, 3.8) is 0 Å². The zero-order valence-electron chi connectivity index (χ0n) is 11.6. The van der Waals surface area contributed by atoms with Gasteiger partial charge < -0.3 is 14.8 Å². The van der Waals surface area contributed by atoms with Crippen LogP contribution >= 0.6 is 0 Å². The topological polar surface area (TPSA) is 33.1 Å². The van der Waals surface area contributed by atoms with Crippen LogP contribution in [-0.4, -0.2) is 35.2 Å². The number of allylic oxidation sites excluding steroid dienone is 1. The second-order valence-electron chi connectivity index (χ2n) is 5.70. The molecular weight excluding hydrogens is 236 g/mol. The predicted octanol–water partition coefficient (Wildman–Crippen LogP) is 2.04. The van der Waals surface area contributed by atoms with Crippen molar-refractivity contribution < 1.29 is 0 Å². The first-order chi connectivity index (χ1) is 9.38. The summed E-state index contributed by atoms with van der Waals surface area (Å²) in [7, 11) is 0. The van der Waals surface area contributed by atoms with Crippen LogP contribution in [0.5, 0.6) is 0 Å². The van der Waals surface area contributed by atoms with E-state index in [1.54, 1.807) is 0 Å². The van der Waals surface area contributed by atoms with Crippen molar-refractivity contribution in [2.24, 2.45) is 5.92 Å². The van der Waals surface area contributed by atoms with Crippen molar-refractivity contribution in [1.82, 2.24) is 14.9 Å². The standard InChI is InChI=1S/C15H24N4/c1-2-9-18-12-8-17-15(18)19-10-5-13(6-11-19)14-4-3-7-16-14/h2,8,12-14,16H,1,3-7,9-11H2. The van der Waals surface area contributed by atoms with Gasteiger partial charge in [-0.15, -0.1) is 6.58 Å². The zero-order chi connectivity index (χ0) is 13.1. The molecule has 2 fully saturated rings. The highest BCUT2D eigenvalue weighted by Crippen LogP contribution is 2.27. The number of nitrogens with zero attached hydrogens (tertiary/aromatic N) is 3. The monoisotopic (exact) mass is 260 g/mol. The van der Waals surface area contributed by atoms with Crippen LogP contribution in [0.25, 0.3) is 0 Å². The Bertz CT molecular complexity index is 412. The molecule has 4 nitrogen and oxygen atoms in total. The Morgan fingerprint density at radius 3 is 2.89 bits per heavy atom. The first-order valence-electron chi connectivity index (χ1n) is 7.49. The molecule has 0 aliphatic carbocycles. The Kier molecular flexibility index (Phi) is 3.87. The molecule has 2 aliphatic heterocycles. The molecule has 0 amide bonds. The van der Waals surface area contributed by atoms with Gasteiger partial charge in [-0.1, -0.05) is 6.08 Å². The summed E-state index contributed by atoms with van der Waals surface area (Å²) in [6, 6.07) is 0.773. The number of imidazole rings is 1. The van der Waals surface area contributed by atoms with Gasteiger partial charge in [-0.3, -0.25) is 0 Å². The summed E-state index contributed by atoms with van der Waals surface area (Å²) in [5, 5.41) is 3.65. The Balaban J connectivity index is 1.59. The largest absolute Gasteiger partial charge is 0.342 e. The molecule has 0 spiro atoms. The van der Waals surface area contributed by atoms with E-state index in [2.05, 4.69) is 26.3 Å². The van der Waals surface area contributed by atoms with E-state index in [4.69, 9.17) is 0 Å². The number of hydrogen-bond donors (Lipinski definition) is 1. The molecule has 3 rings (SSSR count). The molecule has 0 aromatic carbocycles. The van der Waals surface area contributed by atoms with Crippen molar-refractivity contribution in [1.29, 1.82) is 0 Å². The second-order valence-corrected chi connectivity index (χ2v) is 5.70. The molecule has 3 heterocycles. The number of piperidine rings is 1. The van der Waals surface area contributed by atoms with E-state index in [1.165, 1.54) is 32.2 Å². The van der Waals surface area contributed by atoms with Gasteiger partial charge in [0.15, 0.2) is 0 Å². The fourth-order valence-electron chi connectivity index (χ4n) is 3.48. The van der Waals surface area contributed by atoms with Crippen LogP contribution in [0.15, 0.2) is 25.0 Å². The third kappa shape index (κ3) is 2.68. The van der Waals surface area contributed by atoms with Crippen LogP contribution < -0.4 is 10.2 Å². The molecule has 1 unspecified atom stereocenters. The lowest BCUT2D eigenvalue weighted by atomic mass is 9.89. The lowest BCUT2D eigenvalue weighted by Gasteiger charge is -2.35. The van der Waals surface area contributed by atoms with Gasteiger partial charge in [0.2, 0.25) is 5.95 Å². The number of rotatable bonds is 4. The highest BCUT2D eigenvalue weighted by molar-refractivity contribution is 5.32. The van der Waals surface area contributed by atoms with Crippen LogP contribution in [0.4, 0.5) is 5.95 Å². The van der Waals surface area contributed by atoms with Gasteiger partial charge in [0.25, 0.3) is 0 Å². The lowest BCUT2D eigenvalue weighted by Crippen LogP contribution is -2.41. The lowest BCUT2D eigenvalue weighted by molar-refractivity contribution is 0.317. The van der Waals surface area contributed by atoms with Crippen LogP contribution in [0.3, 0.4) is 0 Å². The predicted molar refractivity (Wildman–Crippen MR) is 78.4 cm³/mol. The van der Waals surface area contributed by atoms with E-state index in [0.29, 0.717) is 0 Å². The fourth-order valence-corrected chi connectivity index (χ4v) is 3.48. The number of anilines is 1. The van der Waals surface area contributed by atoms with Crippen molar-refractivity contribution in [2.45, 2.75) is 38.3 Å². The summed E-state index contributed by atoms with van der Waals surface area (Å²) >= 11 is 0. The molecule has 1 aromatic heterocycles. The van der Waals surface area contributed by atoms with Gasteiger partial charge in [-0.05, 0) is 38.1 Å². The minimum absolute atomic E-state index is 0.773. The summed E-state index contributed by atoms with van der Waals surface area (Å²) < 4.78 is 2.18. The SMILES string of the molecule is C=CCn1ccnc1N1CCC(C2CCCN2)CC1. The van der Waals surface area contributed by atoms with Gasteiger partial charge in [0, 0.05) is 38.1 Å². The smallest absolute Gasteiger partial charge is 0.205 e. The summed E-state index contributed by atoms with van der Waals surface area (Å²) in [6.45, 7) is 8.15. The minimum Gasteiger partial charge on any atom is -0.342 e. The zero-order valence-corrected chi connectivity index (χ0v) is 11.6. The molecule has 2 saturated heterocycles. The maximum Gasteiger partial charge on any atom is 0.205 e. The Morgan fingerprint density at radius 2 is 2.21 bits per heavy atom. The maximum absolute atomic E-state index is 4.51. The summed E-state index contributed by atoms with van der Waals surface area (Å²) in [6.07, 6.45) is 11.2. The summed E-state index contributed by atoms with van der Waals surface area (Å²) in [5.74, 6) is 1.97. The van der Waals surface area contributed by atoms with Gasteiger partial charge in [-0.2, -0.15) is 0 Å². The summed E-state index contributed by atoms with van der Waals surface area (Å²) in [5.41, 5.74) is 0. The number of aromatic nitrogens is 2. The van der Waals surface area contributed by atoms with Gasteiger partial charge >= 0.3 is 0 Å². The first-order valence-corrected chi connectivity index (χ1v) is 7.49. The molecule has 2 aliphatic rings. The summed E-state index contributed by atoms with van der Waals surface area (Å²) in [4.78, 5) is 6.93. The van der Waals surface area contributed by atoms with Crippen LogP contribution in [0.1, 0.15) is 25.7 Å². The number of nitrogens with one attached hydrogen (secondary N) is 1. The van der Waals surface area contributed by atoms with E-state index in [1.807, 2.05) is 18.5 Å². The molecule has 1 atom stereocenters. The van der Waals surface area contributed by atoms with Gasteiger partial charge in [0.1, 0.15) is 0 Å². The first kappa shape index (κ1) is 12.7. The Labute approximate surface area is 115 Å². The molecule has 1 aromatic rings. The van der Waals surface area contributed by atoms with Crippen molar-refractivity contribution in [3.8, 4) is 0 Å². The molecule has 0 saturated carbocycles. The average molecular weight is 260 g/mol. The maximum atomic E-state index is 4.51. The van der Waals surface area contributed by atoms with Crippen LogP contribution in [0.2, 0.25) is 0 Å². The molecule has 1 N–H and O–H groups in total. The molecule has 19 heavy (non-hydrogen) atoms. The normalized spacial score (nSPS) is 24.8. The highest BCUT2D eigenvalue weighted by Gasteiger charge is 2.29. The molecule has 0 bridgehead atoms. The van der Waals surface area contributed by atoms with E-state index >= 15 is 0 Å². The number of hydrogen-bond acceptors (Lipinski definition) is 3. The van der Waals surface area contributed by atoms with E-state index in [0.717, 1.165) is 37.5 Å². The second kappa shape index (κ2) is 5.78. The van der Waals surface area contributed by atoms with Crippen LogP contribution in [-0.2, 0) is 6.54 Å². The average Bonchev–Trinajstić information content (AvgIpc) is 3.10. The van der Waals surface area contributed by atoms with Gasteiger partial charge in [-0.25, -0.2) is 4.98 Å². The van der Waals surface area contributed by atoms with E-state index in [9.17, 15) is 0 Å². The quantitative estimate of drug-likeness (QED) is 0.841. The molecule has 4 heteroatoms. The highest BCUT2D eigenvalue weighted by atomic mass is 15.3. The van der Waals surface area contributed by atoms with Crippen LogP contribution in [0, 0.1) is 5.92 Å². The van der Waals surface area contributed by atoms with E-state index in [-0.39, 0.29) is 0 Å². The third-order valence-corrected chi connectivity index (χ3v) is 4.51. The van der Waals surface area contributed by atoms with Crippen molar-refractivity contribution >= 4 is 5.95 Å². The minimum atomic E-state index is 0.773. The van der Waals surface area contributed by atoms with Crippen molar-refractivity contribution in [3.05, 3.63) is 25.0 Å². The van der Waals surface area contributed by atoms with Crippen molar-refractivity contribution in [2.75, 3.05) is 24.5 Å². The third-order valence-electron chi connectivity index (χ3n) is 4.51. The fraction of sp³-hybridized carbons (Fsp3) is 0.667. The Morgan fingerprint density at radius 1 is 1.37 bits per heavy atom. The van der Waals surface area contributed by atoms with E-state index < -0.39 is 0 Å². The molecule has 104 valence electrons. The van der Waals surface area contributed by atoms with Gasteiger partial charge in [0.05, 0.1) is 0 Å². The molecular formula is C15H24N4.